The first-order valence-electron chi connectivity index (χ1n) is 10.6. The van der Waals surface area contributed by atoms with E-state index in [1.54, 1.807) is 24.3 Å². The number of carbonyl (C=O) groups is 3. The molecular formula is C26H25ClN2O4. The predicted molar refractivity (Wildman–Crippen MR) is 128 cm³/mol. The van der Waals surface area contributed by atoms with E-state index in [1.807, 2.05) is 54.6 Å². The highest BCUT2D eigenvalue weighted by atomic mass is 35.5. The van der Waals surface area contributed by atoms with Crippen LogP contribution in [0.5, 0.6) is 0 Å². The summed E-state index contributed by atoms with van der Waals surface area (Å²) in [5.41, 5.74) is 3.40. The number of hydrogen-bond donors (Lipinski definition) is 3. The maximum Gasteiger partial charge on any atom is 0.303 e. The third-order valence-electron chi connectivity index (χ3n) is 5.15. The first-order chi connectivity index (χ1) is 15.9. The molecule has 0 aromatic heterocycles. The fourth-order valence-corrected chi connectivity index (χ4v) is 3.45. The zero-order chi connectivity index (χ0) is 23.6. The lowest BCUT2D eigenvalue weighted by Crippen LogP contribution is -2.47. The van der Waals surface area contributed by atoms with Crippen LogP contribution in [-0.2, 0) is 16.0 Å². The number of benzene rings is 3. The Balaban J connectivity index is 1.60. The van der Waals surface area contributed by atoms with E-state index < -0.39 is 23.8 Å². The molecule has 0 spiro atoms. The number of amides is 2. The van der Waals surface area contributed by atoms with Crippen molar-refractivity contribution in [3.63, 3.8) is 0 Å². The second-order valence-electron chi connectivity index (χ2n) is 7.57. The summed E-state index contributed by atoms with van der Waals surface area (Å²) in [7, 11) is 0. The van der Waals surface area contributed by atoms with E-state index in [9.17, 15) is 14.4 Å². The van der Waals surface area contributed by atoms with Crippen LogP contribution in [0.1, 0.15) is 28.8 Å². The van der Waals surface area contributed by atoms with Crippen molar-refractivity contribution >= 4 is 29.4 Å². The summed E-state index contributed by atoms with van der Waals surface area (Å²) in [6.45, 7) is 0.353. The highest BCUT2D eigenvalue weighted by Crippen LogP contribution is 2.19. The summed E-state index contributed by atoms with van der Waals surface area (Å²) in [5, 5.41) is 15.1. The summed E-state index contributed by atoms with van der Waals surface area (Å²) in [6, 6.07) is 23.2. The average Bonchev–Trinajstić information content (AvgIpc) is 2.83. The number of rotatable bonds is 10. The van der Waals surface area contributed by atoms with E-state index >= 15 is 0 Å². The molecule has 0 aliphatic heterocycles. The van der Waals surface area contributed by atoms with Gasteiger partial charge in [-0.25, -0.2) is 0 Å². The van der Waals surface area contributed by atoms with Gasteiger partial charge in [0.05, 0.1) is 0 Å². The van der Waals surface area contributed by atoms with E-state index in [4.69, 9.17) is 16.7 Å². The number of aliphatic carboxylic acids is 1. The van der Waals surface area contributed by atoms with Gasteiger partial charge in [0.25, 0.3) is 5.91 Å². The van der Waals surface area contributed by atoms with E-state index in [0.717, 1.165) is 16.7 Å². The van der Waals surface area contributed by atoms with E-state index in [-0.39, 0.29) is 12.8 Å². The zero-order valence-corrected chi connectivity index (χ0v) is 18.7. The van der Waals surface area contributed by atoms with Crippen molar-refractivity contribution in [3.05, 3.63) is 95.0 Å². The summed E-state index contributed by atoms with van der Waals surface area (Å²) >= 11 is 5.88. The van der Waals surface area contributed by atoms with Crippen LogP contribution >= 0.6 is 11.6 Å². The molecule has 0 bridgehead atoms. The van der Waals surface area contributed by atoms with Crippen molar-refractivity contribution in [2.75, 3.05) is 6.54 Å². The highest BCUT2D eigenvalue weighted by molar-refractivity contribution is 6.30. The molecule has 0 saturated carbocycles. The van der Waals surface area contributed by atoms with Crippen molar-refractivity contribution in [2.45, 2.75) is 25.3 Å². The minimum absolute atomic E-state index is 0.00402. The summed E-state index contributed by atoms with van der Waals surface area (Å²) in [4.78, 5) is 36.4. The number of nitrogens with one attached hydrogen (secondary N) is 2. The van der Waals surface area contributed by atoms with Gasteiger partial charge in [0, 0.05) is 23.6 Å². The van der Waals surface area contributed by atoms with Crippen molar-refractivity contribution < 1.29 is 19.5 Å². The van der Waals surface area contributed by atoms with Gasteiger partial charge in [-0.2, -0.15) is 0 Å². The number of hydrogen-bond acceptors (Lipinski definition) is 3. The second kappa shape index (κ2) is 11.8. The molecule has 33 heavy (non-hydrogen) atoms. The van der Waals surface area contributed by atoms with Gasteiger partial charge in [-0.3, -0.25) is 14.4 Å². The Labute approximate surface area is 197 Å². The van der Waals surface area contributed by atoms with Crippen LogP contribution < -0.4 is 10.6 Å². The van der Waals surface area contributed by atoms with Gasteiger partial charge in [-0.05, 0) is 53.8 Å². The predicted octanol–water partition coefficient (Wildman–Crippen LogP) is 4.33. The molecular weight excluding hydrogens is 440 g/mol. The number of halogens is 1. The molecule has 6 nitrogen and oxygen atoms in total. The summed E-state index contributed by atoms with van der Waals surface area (Å²) < 4.78 is 0. The van der Waals surface area contributed by atoms with Crippen LogP contribution in [0.3, 0.4) is 0 Å². The van der Waals surface area contributed by atoms with Gasteiger partial charge >= 0.3 is 5.97 Å². The van der Waals surface area contributed by atoms with Gasteiger partial charge in [-0.1, -0.05) is 66.2 Å². The van der Waals surface area contributed by atoms with Crippen LogP contribution in [0, 0.1) is 0 Å². The Morgan fingerprint density at radius 3 is 2.12 bits per heavy atom. The first-order valence-corrected chi connectivity index (χ1v) is 11.0. The Bertz CT molecular complexity index is 1080. The van der Waals surface area contributed by atoms with E-state index in [1.165, 1.54) is 0 Å². The minimum Gasteiger partial charge on any atom is -0.481 e. The SMILES string of the molecule is O=C(O)CC[C@H](NC(=O)c1ccc(-c2ccccc2)cc1)C(=O)NCCc1ccc(Cl)cc1. The van der Waals surface area contributed by atoms with Crippen molar-refractivity contribution in [2.24, 2.45) is 0 Å². The van der Waals surface area contributed by atoms with Crippen LogP contribution in [0.2, 0.25) is 5.02 Å². The standard InChI is InChI=1S/C26H25ClN2O4/c27-22-12-6-18(7-13-22)16-17-28-26(33)23(14-15-24(30)31)29-25(32)21-10-8-20(9-11-21)19-4-2-1-3-5-19/h1-13,23H,14-17H2,(H,28,33)(H,29,32)(H,30,31)/t23-/m0/s1. The smallest absolute Gasteiger partial charge is 0.303 e. The van der Waals surface area contributed by atoms with Crippen LogP contribution in [0.25, 0.3) is 11.1 Å². The first kappa shape index (κ1) is 24.0. The van der Waals surface area contributed by atoms with Crippen LogP contribution in [-0.4, -0.2) is 35.5 Å². The molecule has 0 saturated heterocycles. The Morgan fingerprint density at radius 2 is 1.48 bits per heavy atom. The molecule has 3 aromatic carbocycles. The van der Waals surface area contributed by atoms with E-state index in [2.05, 4.69) is 10.6 Å². The molecule has 0 fully saturated rings. The van der Waals surface area contributed by atoms with Gasteiger partial charge in [0.1, 0.15) is 6.04 Å². The molecule has 0 radical (unpaired) electrons. The molecule has 3 rings (SSSR count). The maximum atomic E-state index is 12.7. The summed E-state index contributed by atoms with van der Waals surface area (Å²) in [6.07, 6.45) is 0.349. The minimum atomic E-state index is -1.03. The topological polar surface area (TPSA) is 95.5 Å². The van der Waals surface area contributed by atoms with Gasteiger partial charge in [0.2, 0.25) is 5.91 Å². The highest BCUT2D eigenvalue weighted by Gasteiger charge is 2.22. The fourth-order valence-electron chi connectivity index (χ4n) is 3.33. The lowest BCUT2D eigenvalue weighted by Gasteiger charge is -2.18. The lowest BCUT2D eigenvalue weighted by atomic mass is 10.0. The molecule has 7 heteroatoms. The number of carbonyl (C=O) groups excluding carboxylic acids is 2. The second-order valence-corrected chi connectivity index (χ2v) is 8.01. The van der Waals surface area contributed by atoms with Crippen molar-refractivity contribution in [1.29, 1.82) is 0 Å². The van der Waals surface area contributed by atoms with Crippen molar-refractivity contribution in [1.82, 2.24) is 10.6 Å². The Kier molecular flexibility index (Phi) is 8.61. The average molecular weight is 465 g/mol. The molecule has 1 atom stereocenters. The largest absolute Gasteiger partial charge is 0.481 e. The molecule has 2 amide bonds. The zero-order valence-electron chi connectivity index (χ0n) is 18.0. The van der Waals surface area contributed by atoms with Gasteiger partial charge in [-0.15, -0.1) is 0 Å². The third kappa shape index (κ3) is 7.47. The maximum absolute atomic E-state index is 12.7. The van der Waals surface area contributed by atoms with Crippen LogP contribution in [0.15, 0.2) is 78.9 Å². The molecule has 3 aromatic rings. The fraction of sp³-hybridized carbons (Fsp3) is 0.192. The van der Waals surface area contributed by atoms with Crippen LogP contribution in [0.4, 0.5) is 0 Å². The summed E-state index contributed by atoms with van der Waals surface area (Å²) in [5.74, 6) is -1.88. The lowest BCUT2D eigenvalue weighted by molar-refractivity contribution is -0.137. The molecule has 0 heterocycles. The number of carboxylic acids is 1. The molecule has 0 aliphatic carbocycles. The van der Waals surface area contributed by atoms with E-state index in [0.29, 0.717) is 23.6 Å². The van der Waals surface area contributed by atoms with Gasteiger partial charge < -0.3 is 15.7 Å². The Morgan fingerprint density at radius 1 is 0.848 bits per heavy atom. The molecule has 0 aliphatic rings. The van der Waals surface area contributed by atoms with Crippen molar-refractivity contribution in [3.8, 4) is 11.1 Å². The normalized spacial score (nSPS) is 11.4. The molecule has 170 valence electrons. The Hall–Kier alpha value is -3.64. The van der Waals surface area contributed by atoms with Gasteiger partial charge in [0.15, 0.2) is 0 Å². The monoisotopic (exact) mass is 464 g/mol. The quantitative estimate of drug-likeness (QED) is 0.416. The molecule has 3 N–H and O–H groups in total. The molecule has 0 unspecified atom stereocenters. The number of carboxylic acid groups (broad SMARTS) is 1. The third-order valence-corrected chi connectivity index (χ3v) is 5.40.